The van der Waals surface area contributed by atoms with Crippen LogP contribution < -0.4 is 0 Å². The van der Waals surface area contributed by atoms with Crippen molar-refractivity contribution in [1.82, 2.24) is 19.2 Å². The van der Waals surface area contributed by atoms with Crippen molar-refractivity contribution in [2.45, 2.75) is 0 Å². The molecule has 4 aliphatic rings. The van der Waals surface area contributed by atoms with Crippen molar-refractivity contribution in [2.24, 2.45) is 0 Å². The molecule has 0 atom stereocenters. The zero-order chi connectivity index (χ0) is 14.1. The van der Waals surface area contributed by atoms with Crippen molar-refractivity contribution in [3.63, 3.8) is 0 Å². The fourth-order valence-electron chi connectivity index (χ4n) is 3.18. The van der Waals surface area contributed by atoms with Crippen LogP contribution in [0.3, 0.4) is 0 Å². The van der Waals surface area contributed by atoms with Crippen molar-refractivity contribution in [1.29, 1.82) is 0 Å². The highest BCUT2D eigenvalue weighted by Gasteiger charge is 2.47. The predicted molar refractivity (Wildman–Crippen MR) is 99.5 cm³/mol. The monoisotopic (exact) mass is 355 g/mol. The van der Waals surface area contributed by atoms with Crippen LogP contribution in [0.15, 0.2) is 46.4 Å². The molecule has 0 aliphatic carbocycles. The van der Waals surface area contributed by atoms with E-state index in [1.807, 2.05) is 47.0 Å². The largest absolute Gasteiger partial charge is 0.487 e. The Morgan fingerprint density at radius 1 is 0.524 bits per heavy atom. The van der Waals surface area contributed by atoms with Gasteiger partial charge in [0, 0.05) is 23.5 Å². The van der Waals surface area contributed by atoms with Crippen molar-refractivity contribution >= 4 is 53.7 Å². The molecule has 112 valence electrons. The van der Waals surface area contributed by atoms with E-state index in [4.69, 9.17) is 0 Å². The summed E-state index contributed by atoms with van der Waals surface area (Å²) >= 11 is 7.49. The Morgan fingerprint density at radius 2 is 0.810 bits per heavy atom. The standard InChI is InChI=1S/C12H16BN4S4/c1-5-18-9-14(1)13(15-2-6-19-10-15,16-3-7-20-11-16)17-4-8-21-12-17/h1-8H,9-12H2/q-1. The van der Waals surface area contributed by atoms with Gasteiger partial charge in [0.25, 0.3) is 0 Å². The average Bonchev–Trinajstić information content (AvgIpc) is 3.32. The van der Waals surface area contributed by atoms with E-state index < -0.39 is 6.69 Å². The Hall–Kier alpha value is -0.375. The van der Waals surface area contributed by atoms with Gasteiger partial charge in [-0.15, -0.1) is 47.0 Å². The summed E-state index contributed by atoms with van der Waals surface area (Å²) in [5.74, 6) is 4.05. The summed E-state index contributed by atoms with van der Waals surface area (Å²) in [7, 11) is 0. The van der Waals surface area contributed by atoms with Gasteiger partial charge in [0.15, 0.2) is 0 Å². The number of nitrogens with zero attached hydrogens (tertiary/aromatic N) is 4. The van der Waals surface area contributed by atoms with Crippen LogP contribution in [-0.4, -0.2) is 49.4 Å². The average molecular weight is 355 g/mol. The molecule has 0 unspecified atom stereocenters. The highest BCUT2D eigenvalue weighted by atomic mass is 32.2. The first kappa shape index (κ1) is 14.2. The highest BCUT2D eigenvalue weighted by Crippen LogP contribution is 2.39. The molecule has 0 amide bonds. The van der Waals surface area contributed by atoms with Gasteiger partial charge in [-0.2, -0.15) is 0 Å². The molecular weight excluding hydrogens is 339 g/mol. The van der Waals surface area contributed by atoms with Gasteiger partial charge in [0.2, 0.25) is 0 Å². The van der Waals surface area contributed by atoms with E-state index >= 15 is 0 Å². The summed E-state index contributed by atoms with van der Waals surface area (Å²) in [6, 6.07) is 0. The molecule has 21 heavy (non-hydrogen) atoms. The van der Waals surface area contributed by atoms with Gasteiger partial charge >= 0.3 is 6.69 Å². The molecule has 0 saturated heterocycles. The van der Waals surface area contributed by atoms with E-state index in [0.29, 0.717) is 0 Å². The number of rotatable bonds is 4. The summed E-state index contributed by atoms with van der Waals surface area (Å²) in [5.41, 5.74) is 0. The van der Waals surface area contributed by atoms with Crippen molar-refractivity contribution in [3.05, 3.63) is 46.4 Å². The smallest absolute Gasteiger partial charge is 0.387 e. The summed E-state index contributed by atoms with van der Waals surface area (Å²) in [6.45, 7) is -1.12. The Balaban J connectivity index is 1.80. The van der Waals surface area contributed by atoms with Crippen LogP contribution >= 0.6 is 47.0 Å². The predicted octanol–water partition coefficient (Wildman–Crippen LogP) is 3.33. The van der Waals surface area contributed by atoms with Gasteiger partial charge in [-0.25, -0.2) is 0 Å². The molecule has 0 radical (unpaired) electrons. The van der Waals surface area contributed by atoms with Crippen LogP contribution in [-0.2, 0) is 0 Å². The molecule has 4 heterocycles. The quantitative estimate of drug-likeness (QED) is 0.703. The van der Waals surface area contributed by atoms with Gasteiger partial charge < -0.3 is 19.2 Å². The lowest BCUT2D eigenvalue weighted by atomic mass is 9.66. The third-order valence-electron chi connectivity index (χ3n) is 4.07. The van der Waals surface area contributed by atoms with Crippen LogP contribution in [0.1, 0.15) is 0 Å². The first-order valence-electron chi connectivity index (χ1n) is 6.76. The van der Waals surface area contributed by atoms with Crippen LogP contribution in [0.25, 0.3) is 0 Å². The van der Waals surface area contributed by atoms with E-state index in [9.17, 15) is 0 Å². The second-order valence-corrected chi connectivity index (χ2v) is 8.53. The van der Waals surface area contributed by atoms with Crippen molar-refractivity contribution in [3.8, 4) is 0 Å². The summed E-state index contributed by atoms with van der Waals surface area (Å²) in [6.07, 6.45) is 9.04. The summed E-state index contributed by atoms with van der Waals surface area (Å²) < 4.78 is 0. The molecule has 0 aromatic carbocycles. The topological polar surface area (TPSA) is 13.0 Å². The lowest BCUT2D eigenvalue weighted by Gasteiger charge is -2.64. The molecule has 4 nitrogen and oxygen atoms in total. The van der Waals surface area contributed by atoms with Crippen LogP contribution in [0.5, 0.6) is 0 Å². The number of thioether (sulfide) groups is 4. The molecule has 0 aromatic heterocycles. The number of hydrogen-bond acceptors (Lipinski definition) is 8. The van der Waals surface area contributed by atoms with E-state index in [2.05, 4.69) is 65.7 Å². The van der Waals surface area contributed by atoms with Crippen molar-refractivity contribution < 1.29 is 0 Å². The van der Waals surface area contributed by atoms with E-state index in [0.717, 1.165) is 23.5 Å². The molecule has 0 fully saturated rings. The molecule has 0 bridgehead atoms. The Morgan fingerprint density at radius 3 is 1.00 bits per heavy atom. The first-order chi connectivity index (χ1) is 10.4. The molecule has 0 N–H and O–H groups in total. The van der Waals surface area contributed by atoms with Gasteiger partial charge in [-0.1, -0.05) is 0 Å². The zero-order valence-corrected chi connectivity index (χ0v) is 14.7. The van der Waals surface area contributed by atoms with Crippen LogP contribution in [0, 0.1) is 0 Å². The van der Waals surface area contributed by atoms with Crippen LogP contribution in [0.4, 0.5) is 0 Å². The zero-order valence-electron chi connectivity index (χ0n) is 11.4. The molecule has 9 heteroatoms. The Bertz CT molecular complexity index is 430. The highest BCUT2D eigenvalue weighted by molar-refractivity contribution is 8.03. The first-order valence-corrected chi connectivity index (χ1v) is 11.0. The van der Waals surface area contributed by atoms with Gasteiger partial charge in [0.05, 0.1) is 0 Å². The van der Waals surface area contributed by atoms with Gasteiger partial charge in [-0.3, -0.25) is 0 Å². The summed E-state index contributed by atoms with van der Waals surface area (Å²) in [4.78, 5) is 10.0. The minimum Gasteiger partial charge on any atom is -0.487 e. The molecule has 4 rings (SSSR count). The van der Waals surface area contributed by atoms with E-state index in [1.54, 1.807) is 0 Å². The minimum absolute atomic E-state index is 1.01. The molecule has 0 saturated carbocycles. The Labute approximate surface area is 142 Å². The van der Waals surface area contributed by atoms with E-state index in [1.165, 1.54) is 0 Å². The molecule has 4 aliphatic heterocycles. The second kappa shape index (κ2) is 6.02. The minimum atomic E-state index is -1.12. The normalized spacial score (nSPS) is 24.4. The molecule has 0 aromatic rings. The SMILES string of the molecule is C1=CN([B-](N2C=CSC2)(N2C=CSC2)N2C=CSC2)CS1. The maximum absolute atomic E-state index is 2.51. The fourth-order valence-corrected chi connectivity index (χ4v) is 6.32. The lowest BCUT2D eigenvalue weighted by molar-refractivity contribution is 0.339. The Kier molecular flexibility index (Phi) is 4.08. The molecular formula is C12H16BN4S4-. The maximum Gasteiger partial charge on any atom is 0.387 e. The number of hydrogen-bond donors (Lipinski definition) is 0. The van der Waals surface area contributed by atoms with Gasteiger partial charge in [-0.05, 0) is 46.4 Å². The van der Waals surface area contributed by atoms with Crippen LogP contribution in [0.2, 0.25) is 0 Å². The third kappa shape index (κ3) is 2.29. The van der Waals surface area contributed by atoms with E-state index in [-0.39, 0.29) is 0 Å². The fraction of sp³-hybridized carbons (Fsp3) is 0.333. The van der Waals surface area contributed by atoms with Gasteiger partial charge in [0.1, 0.15) is 0 Å². The lowest BCUT2D eigenvalue weighted by Crippen LogP contribution is -2.77. The summed E-state index contributed by atoms with van der Waals surface area (Å²) in [5, 5.41) is 8.85. The second-order valence-electron chi connectivity index (χ2n) is 5.07. The van der Waals surface area contributed by atoms with Crippen molar-refractivity contribution in [2.75, 3.05) is 23.5 Å². The third-order valence-corrected chi connectivity index (χ3v) is 7.11. The maximum atomic E-state index is 2.51. The molecule has 0 spiro atoms.